The summed E-state index contributed by atoms with van der Waals surface area (Å²) in [6.45, 7) is -0.332. The largest absolute Gasteiger partial charge is 0.496 e. The van der Waals surface area contributed by atoms with Gasteiger partial charge in [0.25, 0.3) is 11.6 Å². The van der Waals surface area contributed by atoms with E-state index in [-0.39, 0.29) is 23.5 Å². The first-order valence-corrected chi connectivity index (χ1v) is 5.17. The summed E-state index contributed by atoms with van der Waals surface area (Å²) in [5.74, 6) is -1.11. The second kappa shape index (κ2) is 6.34. The number of benzene rings is 1. The zero-order valence-electron chi connectivity index (χ0n) is 10.3. The molecule has 1 N–H and O–H groups in total. The molecule has 1 aromatic rings. The number of nitrogens with zero attached hydrogens (tertiary/aromatic N) is 1. The van der Waals surface area contributed by atoms with Crippen molar-refractivity contribution >= 4 is 17.6 Å². The number of methoxy groups -OCH3 is 2. The van der Waals surface area contributed by atoms with Crippen molar-refractivity contribution in [3.8, 4) is 5.75 Å². The van der Waals surface area contributed by atoms with E-state index in [0.29, 0.717) is 0 Å². The lowest BCUT2D eigenvalue weighted by molar-refractivity contribution is -0.384. The first-order valence-electron chi connectivity index (χ1n) is 5.17. The Hall–Kier alpha value is -2.64. The van der Waals surface area contributed by atoms with Crippen molar-refractivity contribution in [3.05, 3.63) is 33.9 Å². The molecule has 0 radical (unpaired) electrons. The highest BCUT2D eigenvalue weighted by atomic mass is 16.6. The number of rotatable bonds is 5. The van der Waals surface area contributed by atoms with E-state index in [2.05, 4.69) is 10.1 Å². The first-order chi connectivity index (χ1) is 8.99. The minimum Gasteiger partial charge on any atom is -0.496 e. The zero-order chi connectivity index (χ0) is 14.4. The molecule has 0 unspecified atom stereocenters. The van der Waals surface area contributed by atoms with Gasteiger partial charge in [-0.25, -0.2) is 0 Å². The molecule has 1 amide bonds. The van der Waals surface area contributed by atoms with Crippen LogP contribution in [0.4, 0.5) is 5.69 Å². The number of esters is 1. The molecule has 0 bridgehead atoms. The van der Waals surface area contributed by atoms with Gasteiger partial charge in [-0.05, 0) is 6.07 Å². The number of non-ortho nitro benzene ring substituents is 1. The Kier molecular flexibility index (Phi) is 4.81. The van der Waals surface area contributed by atoms with Crippen LogP contribution in [0.25, 0.3) is 0 Å². The van der Waals surface area contributed by atoms with Gasteiger partial charge in [0.15, 0.2) is 0 Å². The molecule has 0 aromatic heterocycles. The number of ether oxygens (including phenoxy) is 2. The average Bonchev–Trinajstić information content (AvgIpc) is 2.43. The Balaban J connectivity index is 2.96. The molecule has 19 heavy (non-hydrogen) atoms. The molecular formula is C11H12N2O6. The summed E-state index contributed by atoms with van der Waals surface area (Å²) >= 11 is 0. The SMILES string of the molecule is COC(=O)CNC(=O)c1cc([N+](=O)[O-])ccc1OC. The quantitative estimate of drug-likeness (QED) is 0.473. The van der Waals surface area contributed by atoms with Crippen molar-refractivity contribution in [2.45, 2.75) is 0 Å². The van der Waals surface area contributed by atoms with Crippen LogP contribution < -0.4 is 10.1 Å². The van der Waals surface area contributed by atoms with Crippen molar-refractivity contribution in [1.29, 1.82) is 0 Å². The Bertz CT molecular complexity index is 514. The molecule has 0 saturated carbocycles. The molecule has 0 aliphatic rings. The molecule has 1 rings (SSSR count). The van der Waals surface area contributed by atoms with Crippen LogP contribution >= 0.6 is 0 Å². The van der Waals surface area contributed by atoms with E-state index in [1.807, 2.05) is 0 Å². The van der Waals surface area contributed by atoms with Gasteiger partial charge in [-0.15, -0.1) is 0 Å². The number of nitro groups is 1. The molecule has 0 atom stereocenters. The van der Waals surface area contributed by atoms with Crippen LogP contribution in [-0.2, 0) is 9.53 Å². The summed E-state index contributed by atoms with van der Waals surface area (Å²) in [7, 11) is 2.51. The summed E-state index contributed by atoms with van der Waals surface area (Å²) in [5.41, 5.74) is -0.273. The summed E-state index contributed by atoms with van der Waals surface area (Å²) in [4.78, 5) is 32.7. The number of carbonyl (C=O) groups is 2. The van der Waals surface area contributed by atoms with Gasteiger partial charge in [0.05, 0.1) is 24.7 Å². The van der Waals surface area contributed by atoms with Crippen LogP contribution in [0.1, 0.15) is 10.4 Å². The topological polar surface area (TPSA) is 108 Å². The van der Waals surface area contributed by atoms with E-state index in [0.717, 1.165) is 6.07 Å². The van der Waals surface area contributed by atoms with E-state index in [9.17, 15) is 19.7 Å². The molecule has 8 nitrogen and oxygen atoms in total. The van der Waals surface area contributed by atoms with E-state index in [1.165, 1.54) is 26.4 Å². The van der Waals surface area contributed by atoms with E-state index in [1.54, 1.807) is 0 Å². The number of nitro benzene ring substituents is 1. The van der Waals surface area contributed by atoms with Crippen molar-refractivity contribution in [3.63, 3.8) is 0 Å². The van der Waals surface area contributed by atoms with E-state index >= 15 is 0 Å². The lowest BCUT2D eigenvalue weighted by Crippen LogP contribution is -2.30. The van der Waals surface area contributed by atoms with E-state index < -0.39 is 16.8 Å². The van der Waals surface area contributed by atoms with Crippen LogP contribution in [0.15, 0.2) is 18.2 Å². The fraction of sp³-hybridized carbons (Fsp3) is 0.273. The summed E-state index contributed by atoms with van der Waals surface area (Å²) < 4.78 is 9.30. The standard InChI is InChI=1S/C11H12N2O6/c1-18-9-4-3-7(13(16)17)5-8(9)11(15)12-6-10(14)19-2/h3-5H,6H2,1-2H3,(H,12,15). The highest BCUT2D eigenvalue weighted by Gasteiger charge is 2.17. The lowest BCUT2D eigenvalue weighted by Gasteiger charge is -2.08. The van der Waals surface area contributed by atoms with Gasteiger partial charge in [0.2, 0.25) is 0 Å². The normalized spacial score (nSPS) is 9.58. The predicted octanol–water partition coefficient (Wildman–Crippen LogP) is 0.506. The number of hydrogen-bond acceptors (Lipinski definition) is 6. The van der Waals surface area contributed by atoms with Crippen molar-refractivity contribution in [1.82, 2.24) is 5.32 Å². The molecule has 8 heteroatoms. The Labute approximate surface area is 108 Å². The second-order valence-electron chi connectivity index (χ2n) is 3.40. The molecule has 0 fully saturated rings. The van der Waals surface area contributed by atoms with Gasteiger partial charge in [0, 0.05) is 12.1 Å². The molecule has 1 aromatic carbocycles. The number of hydrogen-bond donors (Lipinski definition) is 1. The maximum Gasteiger partial charge on any atom is 0.325 e. The summed E-state index contributed by atoms with van der Waals surface area (Å²) in [5, 5.41) is 12.9. The monoisotopic (exact) mass is 268 g/mol. The Morgan fingerprint density at radius 1 is 1.37 bits per heavy atom. The van der Waals surface area contributed by atoms with Crippen LogP contribution in [0.5, 0.6) is 5.75 Å². The van der Waals surface area contributed by atoms with Crippen molar-refractivity contribution in [2.75, 3.05) is 20.8 Å². The number of nitrogens with one attached hydrogen (secondary N) is 1. The third-order valence-corrected chi connectivity index (χ3v) is 2.26. The predicted molar refractivity (Wildman–Crippen MR) is 64.0 cm³/mol. The van der Waals surface area contributed by atoms with Crippen LogP contribution in [0, 0.1) is 10.1 Å². The minimum absolute atomic E-state index is 0.0272. The lowest BCUT2D eigenvalue weighted by atomic mass is 10.1. The Morgan fingerprint density at radius 3 is 2.58 bits per heavy atom. The zero-order valence-corrected chi connectivity index (χ0v) is 10.3. The fourth-order valence-electron chi connectivity index (χ4n) is 1.31. The van der Waals surface area contributed by atoms with Crippen molar-refractivity contribution < 1.29 is 24.0 Å². The third kappa shape index (κ3) is 3.66. The highest BCUT2D eigenvalue weighted by molar-refractivity contribution is 5.98. The molecule has 0 saturated heterocycles. The fourth-order valence-corrected chi connectivity index (χ4v) is 1.31. The highest BCUT2D eigenvalue weighted by Crippen LogP contribution is 2.23. The van der Waals surface area contributed by atoms with Gasteiger partial charge >= 0.3 is 5.97 Å². The average molecular weight is 268 g/mol. The maximum absolute atomic E-state index is 11.8. The third-order valence-electron chi connectivity index (χ3n) is 2.26. The second-order valence-corrected chi connectivity index (χ2v) is 3.40. The molecule has 0 aliphatic carbocycles. The molecule has 0 heterocycles. The molecule has 0 spiro atoms. The van der Waals surface area contributed by atoms with Gasteiger partial charge in [-0.3, -0.25) is 19.7 Å². The first kappa shape index (κ1) is 14.4. The van der Waals surface area contributed by atoms with Crippen molar-refractivity contribution in [2.24, 2.45) is 0 Å². The van der Waals surface area contributed by atoms with Crippen LogP contribution in [0.2, 0.25) is 0 Å². The van der Waals surface area contributed by atoms with Crippen LogP contribution in [-0.4, -0.2) is 37.6 Å². The molecule has 0 aliphatic heterocycles. The molecule has 102 valence electrons. The number of amides is 1. The smallest absolute Gasteiger partial charge is 0.325 e. The van der Waals surface area contributed by atoms with Gasteiger partial charge in [-0.2, -0.15) is 0 Å². The van der Waals surface area contributed by atoms with E-state index in [4.69, 9.17) is 4.74 Å². The van der Waals surface area contributed by atoms with Crippen LogP contribution in [0.3, 0.4) is 0 Å². The Morgan fingerprint density at radius 2 is 2.05 bits per heavy atom. The number of carbonyl (C=O) groups excluding carboxylic acids is 2. The maximum atomic E-state index is 11.8. The van der Waals surface area contributed by atoms with Gasteiger partial charge in [-0.1, -0.05) is 0 Å². The van der Waals surface area contributed by atoms with Gasteiger partial charge < -0.3 is 14.8 Å². The molecular weight excluding hydrogens is 256 g/mol. The minimum atomic E-state index is -0.661. The summed E-state index contributed by atoms with van der Waals surface area (Å²) in [6.07, 6.45) is 0. The summed E-state index contributed by atoms with van der Waals surface area (Å²) in [6, 6.07) is 3.60. The van der Waals surface area contributed by atoms with Gasteiger partial charge in [0.1, 0.15) is 12.3 Å².